The highest BCUT2D eigenvalue weighted by atomic mass is 127. The molecule has 0 amide bonds. The van der Waals surface area contributed by atoms with Crippen LogP contribution in [0.1, 0.15) is 26.2 Å². The predicted octanol–water partition coefficient (Wildman–Crippen LogP) is 2.00. The summed E-state index contributed by atoms with van der Waals surface area (Å²) in [4.78, 5) is 22.5. The van der Waals surface area contributed by atoms with E-state index in [9.17, 15) is 4.79 Å². The van der Waals surface area contributed by atoms with E-state index in [0.29, 0.717) is 12.6 Å². The molecule has 1 aromatic rings. The standard InChI is InChI=1S/C12H16IN3O2/c1-2-18-11(17)10-5-3-4-6-16(10)12-14-7-9(13)8-15-12/h7-8,10H,2-6H2,1H3. The van der Waals surface area contributed by atoms with E-state index in [2.05, 4.69) is 32.6 Å². The van der Waals surface area contributed by atoms with Gasteiger partial charge in [-0.15, -0.1) is 0 Å². The minimum atomic E-state index is -0.237. The minimum absolute atomic E-state index is 0.167. The van der Waals surface area contributed by atoms with Crippen molar-refractivity contribution in [3.63, 3.8) is 0 Å². The second-order valence-corrected chi connectivity index (χ2v) is 5.40. The largest absolute Gasteiger partial charge is 0.464 e. The van der Waals surface area contributed by atoms with Crippen molar-refractivity contribution in [3.05, 3.63) is 16.0 Å². The number of aromatic nitrogens is 2. The molecule has 1 saturated heterocycles. The number of carbonyl (C=O) groups excluding carboxylic acids is 1. The number of nitrogens with zero attached hydrogens (tertiary/aromatic N) is 3. The molecule has 0 N–H and O–H groups in total. The van der Waals surface area contributed by atoms with Crippen molar-refractivity contribution in [1.82, 2.24) is 9.97 Å². The summed E-state index contributed by atoms with van der Waals surface area (Å²) in [6.07, 6.45) is 6.45. The molecule has 5 nitrogen and oxygen atoms in total. The van der Waals surface area contributed by atoms with Gasteiger partial charge in [-0.25, -0.2) is 14.8 Å². The number of rotatable bonds is 3. The number of piperidine rings is 1. The molecule has 0 radical (unpaired) electrons. The molecule has 0 aliphatic carbocycles. The fourth-order valence-corrected chi connectivity index (χ4v) is 2.39. The first-order chi connectivity index (χ1) is 8.72. The molecule has 1 aliphatic heterocycles. The number of hydrogen-bond acceptors (Lipinski definition) is 5. The van der Waals surface area contributed by atoms with E-state index in [1.807, 2.05) is 11.8 Å². The topological polar surface area (TPSA) is 55.3 Å². The Hall–Kier alpha value is -0.920. The Bertz CT molecular complexity index is 410. The van der Waals surface area contributed by atoms with Gasteiger partial charge >= 0.3 is 5.97 Å². The van der Waals surface area contributed by atoms with Crippen LogP contribution in [0.5, 0.6) is 0 Å². The molecular formula is C12H16IN3O2. The fourth-order valence-electron chi connectivity index (χ4n) is 2.11. The molecule has 98 valence electrons. The molecule has 18 heavy (non-hydrogen) atoms. The lowest BCUT2D eigenvalue weighted by atomic mass is 10.0. The molecule has 6 heteroatoms. The van der Waals surface area contributed by atoms with Gasteiger partial charge in [-0.2, -0.15) is 0 Å². The summed E-state index contributed by atoms with van der Waals surface area (Å²) in [5.74, 6) is 0.451. The number of carbonyl (C=O) groups is 1. The number of hydrogen-bond donors (Lipinski definition) is 0. The second kappa shape index (κ2) is 6.31. The van der Waals surface area contributed by atoms with Crippen molar-refractivity contribution in [1.29, 1.82) is 0 Å². The summed E-state index contributed by atoms with van der Waals surface area (Å²) >= 11 is 2.16. The summed E-state index contributed by atoms with van der Waals surface area (Å²) in [7, 11) is 0. The van der Waals surface area contributed by atoms with Crippen molar-refractivity contribution in [3.8, 4) is 0 Å². The number of anilines is 1. The third-order valence-corrected chi connectivity index (χ3v) is 3.48. The maximum atomic E-state index is 11.9. The van der Waals surface area contributed by atoms with Crippen LogP contribution in [0.2, 0.25) is 0 Å². The molecule has 0 bridgehead atoms. The van der Waals surface area contributed by atoms with Gasteiger partial charge in [0.05, 0.1) is 6.61 Å². The molecule has 0 aromatic carbocycles. The minimum Gasteiger partial charge on any atom is -0.464 e. The Morgan fingerprint density at radius 3 is 2.89 bits per heavy atom. The zero-order chi connectivity index (χ0) is 13.0. The van der Waals surface area contributed by atoms with Crippen molar-refractivity contribution in [2.75, 3.05) is 18.1 Å². The van der Waals surface area contributed by atoms with E-state index in [-0.39, 0.29) is 12.0 Å². The van der Waals surface area contributed by atoms with Crippen LogP contribution in [0.4, 0.5) is 5.95 Å². The van der Waals surface area contributed by atoms with E-state index in [1.165, 1.54) is 0 Å². The van der Waals surface area contributed by atoms with Crippen LogP contribution in [0.15, 0.2) is 12.4 Å². The smallest absolute Gasteiger partial charge is 0.328 e. The highest BCUT2D eigenvalue weighted by Crippen LogP contribution is 2.22. The monoisotopic (exact) mass is 361 g/mol. The average molecular weight is 361 g/mol. The fraction of sp³-hybridized carbons (Fsp3) is 0.583. The predicted molar refractivity (Wildman–Crippen MR) is 76.4 cm³/mol. The third-order valence-electron chi connectivity index (χ3n) is 2.93. The number of ether oxygens (including phenoxy) is 1. The molecule has 0 spiro atoms. The van der Waals surface area contributed by atoms with E-state index in [0.717, 1.165) is 29.4 Å². The van der Waals surface area contributed by atoms with Gasteiger partial charge in [0.1, 0.15) is 6.04 Å². The molecule has 1 unspecified atom stereocenters. The van der Waals surface area contributed by atoms with Crippen molar-refractivity contribution in [2.45, 2.75) is 32.2 Å². The second-order valence-electron chi connectivity index (χ2n) is 4.16. The lowest BCUT2D eigenvalue weighted by Crippen LogP contribution is -2.46. The molecular weight excluding hydrogens is 345 g/mol. The molecule has 2 heterocycles. The van der Waals surface area contributed by atoms with Gasteiger partial charge in [0.2, 0.25) is 5.95 Å². The maximum absolute atomic E-state index is 11.9. The SMILES string of the molecule is CCOC(=O)C1CCCCN1c1ncc(I)cn1. The first-order valence-corrected chi connectivity index (χ1v) is 7.21. The quantitative estimate of drug-likeness (QED) is 0.609. The summed E-state index contributed by atoms with van der Waals surface area (Å²) < 4.78 is 6.11. The van der Waals surface area contributed by atoms with Crippen LogP contribution in [0, 0.1) is 3.57 Å². The lowest BCUT2D eigenvalue weighted by Gasteiger charge is -2.33. The zero-order valence-electron chi connectivity index (χ0n) is 10.3. The Morgan fingerprint density at radius 1 is 1.50 bits per heavy atom. The Balaban J connectivity index is 2.17. The molecule has 2 rings (SSSR count). The molecule has 1 fully saturated rings. The van der Waals surface area contributed by atoms with Gasteiger partial charge in [-0.3, -0.25) is 0 Å². The van der Waals surface area contributed by atoms with E-state index in [4.69, 9.17) is 4.74 Å². The number of halogens is 1. The van der Waals surface area contributed by atoms with Crippen LogP contribution in [-0.2, 0) is 9.53 Å². The average Bonchev–Trinajstić information content (AvgIpc) is 2.40. The first kappa shape index (κ1) is 13.5. The molecule has 1 aliphatic rings. The van der Waals surface area contributed by atoms with Gasteiger partial charge in [0, 0.05) is 22.5 Å². The van der Waals surface area contributed by atoms with Crippen LogP contribution < -0.4 is 4.90 Å². The highest BCUT2D eigenvalue weighted by molar-refractivity contribution is 14.1. The molecule has 1 atom stereocenters. The first-order valence-electron chi connectivity index (χ1n) is 6.13. The van der Waals surface area contributed by atoms with Crippen LogP contribution in [0.25, 0.3) is 0 Å². The van der Waals surface area contributed by atoms with Gasteiger partial charge in [0.15, 0.2) is 0 Å². The van der Waals surface area contributed by atoms with Gasteiger partial charge < -0.3 is 9.64 Å². The Morgan fingerprint density at radius 2 is 2.22 bits per heavy atom. The van der Waals surface area contributed by atoms with Gasteiger partial charge in [0.25, 0.3) is 0 Å². The van der Waals surface area contributed by atoms with Gasteiger partial charge in [-0.1, -0.05) is 0 Å². The van der Waals surface area contributed by atoms with Crippen LogP contribution in [0.3, 0.4) is 0 Å². The summed E-state index contributed by atoms with van der Waals surface area (Å²) in [6, 6.07) is -0.237. The molecule has 0 saturated carbocycles. The van der Waals surface area contributed by atoms with E-state index < -0.39 is 0 Å². The summed E-state index contributed by atoms with van der Waals surface area (Å²) in [6.45, 7) is 3.05. The van der Waals surface area contributed by atoms with E-state index >= 15 is 0 Å². The van der Waals surface area contributed by atoms with Crippen molar-refractivity contribution >= 4 is 34.5 Å². The normalized spacial score (nSPS) is 19.7. The molecule has 1 aromatic heterocycles. The van der Waals surface area contributed by atoms with Crippen molar-refractivity contribution in [2.24, 2.45) is 0 Å². The summed E-state index contributed by atoms with van der Waals surface area (Å²) in [5, 5.41) is 0. The van der Waals surface area contributed by atoms with E-state index in [1.54, 1.807) is 12.4 Å². The maximum Gasteiger partial charge on any atom is 0.328 e. The Kier molecular flexibility index (Phi) is 4.73. The summed E-state index contributed by atoms with van der Waals surface area (Å²) in [5.41, 5.74) is 0. The van der Waals surface area contributed by atoms with Crippen LogP contribution in [-0.4, -0.2) is 35.1 Å². The highest BCUT2D eigenvalue weighted by Gasteiger charge is 2.31. The van der Waals surface area contributed by atoms with Crippen LogP contribution >= 0.6 is 22.6 Å². The Labute approximate surface area is 120 Å². The van der Waals surface area contributed by atoms with Crippen molar-refractivity contribution < 1.29 is 9.53 Å². The lowest BCUT2D eigenvalue weighted by molar-refractivity contribution is -0.145. The third kappa shape index (κ3) is 3.09. The zero-order valence-corrected chi connectivity index (χ0v) is 12.5. The van der Waals surface area contributed by atoms with Gasteiger partial charge in [-0.05, 0) is 48.8 Å². The number of esters is 1.